The second-order valence-electron chi connectivity index (χ2n) is 4.92. The topological polar surface area (TPSA) is 55.2 Å². The van der Waals surface area contributed by atoms with Crippen LogP contribution in [0.4, 0.5) is 0 Å². The Labute approximate surface area is 122 Å². The SMILES string of the molecule is CCc1cccc(C2CC2)c1Oc1nnc(Cl)cc1O. The van der Waals surface area contributed by atoms with E-state index in [9.17, 15) is 5.11 Å². The number of hydrogen-bond donors (Lipinski definition) is 1. The molecule has 3 rings (SSSR count). The van der Waals surface area contributed by atoms with Crippen molar-refractivity contribution in [2.24, 2.45) is 0 Å². The quantitative estimate of drug-likeness (QED) is 0.922. The van der Waals surface area contributed by atoms with Gasteiger partial charge in [-0.05, 0) is 36.3 Å². The lowest BCUT2D eigenvalue weighted by Gasteiger charge is -2.14. The molecular weight excluding hydrogens is 276 g/mol. The first kappa shape index (κ1) is 13.2. The van der Waals surface area contributed by atoms with Crippen LogP contribution < -0.4 is 4.74 Å². The van der Waals surface area contributed by atoms with Crippen molar-refractivity contribution in [1.29, 1.82) is 0 Å². The lowest BCUT2D eigenvalue weighted by atomic mass is 10.0. The summed E-state index contributed by atoms with van der Waals surface area (Å²) < 4.78 is 5.84. The average Bonchev–Trinajstić information content (AvgIpc) is 3.26. The minimum atomic E-state index is -0.0994. The van der Waals surface area contributed by atoms with E-state index in [4.69, 9.17) is 16.3 Å². The largest absolute Gasteiger partial charge is 0.503 e. The molecule has 0 bridgehead atoms. The lowest BCUT2D eigenvalue weighted by molar-refractivity contribution is 0.387. The van der Waals surface area contributed by atoms with E-state index in [1.807, 2.05) is 12.1 Å². The summed E-state index contributed by atoms with van der Waals surface area (Å²) in [4.78, 5) is 0. The highest BCUT2D eigenvalue weighted by molar-refractivity contribution is 6.29. The summed E-state index contributed by atoms with van der Waals surface area (Å²) in [6, 6.07) is 7.48. The molecule has 5 heteroatoms. The van der Waals surface area contributed by atoms with Gasteiger partial charge in [0.15, 0.2) is 10.9 Å². The zero-order chi connectivity index (χ0) is 14.1. The number of aromatic hydroxyl groups is 1. The van der Waals surface area contributed by atoms with Gasteiger partial charge in [0.05, 0.1) is 0 Å². The van der Waals surface area contributed by atoms with Gasteiger partial charge >= 0.3 is 0 Å². The van der Waals surface area contributed by atoms with Crippen LogP contribution >= 0.6 is 11.6 Å². The van der Waals surface area contributed by atoms with Crippen molar-refractivity contribution >= 4 is 11.6 Å². The van der Waals surface area contributed by atoms with Crippen LogP contribution in [0.5, 0.6) is 17.4 Å². The second kappa shape index (κ2) is 5.29. The highest BCUT2D eigenvalue weighted by atomic mass is 35.5. The third kappa shape index (κ3) is 2.56. The number of ether oxygens (including phenoxy) is 1. The molecule has 1 saturated carbocycles. The number of benzene rings is 1. The van der Waals surface area contributed by atoms with Crippen LogP contribution in [0.3, 0.4) is 0 Å². The van der Waals surface area contributed by atoms with Crippen LogP contribution in [0.25, 0.3) is 0 Å². The van der Waals surface area contributed by atoms with Gasteiger partial charge in [-0.1, -0.05) is 36.7 Å². The fourth-order valence-corrected chi connectivity index (χ4v) is 2.38. The smallest absolute Gasteiger partial charge is 0.281 e. The first-order valence-corrected chi connectivity index (χ1v) is 7.08. The Hall–Kier alpha value is -1.81. The molecule has 1 aromatic carbocycles. The van der Waals surface area contributed by atoms with E-state index in [0.717, 1.165) is 17.7 Å². The van der Waals surface area contributed by atoms with Crippen LogP contribution in [0.15, 0.2) is 24.3 Å². The molecule has 0 amide bonds. The summed E-state index contributed by atoms with van der Waals surface area (Å²) in [5.74, 6) is 1.35. The first-order valence-electron chi connectivity index (χ1n) is 6.71. The Morgan fingerprint density at radius 3 is 2.80 bits per heavy atom. The number of rotatable bonds is 4. The summed E-state index contributed by atoms with van der Waals surface area (Å²) >= 11 is 5.68. The molecule has 0 atom stereocenters. The summed E-state index contributed by atoms with van der Waals surface area (Å²) in [5.41, 5.74) is 2.28. The van der Waals surface area contributed by atoms with Crippen LogP contribution in [0, 0.1) is 0 Å². The predicted molar refractivity (Wildman–Crippen MR) is 76.6 cm³/mol. The van der Waals surface area contributed by atoms with E-state index in [0.29, 0.717) is 5.92 Å². The summed E-state index contributed by atoms with van der Waals surface area (Å²) in [6.07, 6.45) is 3.22. The molecule has 20 heavy (non-hydrogen) atoms. The fourth-order valence-electron chi connectivity index (χ4n) is 2.24. The van der Waals surface area contributed by atoms with Gasteiger partial charge in [0.25, 0.3) is 5.88 Å². The molecule has 104 valence electrons. The predicted octanol–water partition coefficient (Wildman–Crippen LogP) is 4.07. The van der Waals surface area contributed by atoms with Gasteiger partial charge in [-0.15, -0.1) is 10.2 Å². The van der Waals surface area contributed by atoms with Crippen molar-refractivity contribution < 1.29 is 9.84 Å². The molecule has 1 aliphatic carbocycles. The van der Waals surface area contributed by atoms with Gasteiger partial charge in [0.1, 0.15) is 5.75 Å². The molecule has 1 aromatic heterocycles. The minimum absolute atomic E-state index is 0.0946. The Balaban J connectivity index is 2.00. The standard InChI is InChI=1S/C15H15ClN2O2/c1-2-9-4-3-5-11(10-6-7-10)14(9)20-15-12(19)8-13(16)17-18-15/h3-5,8,10H,2,6-7H2,1H3,(H,17,19). The van der Waals surface area contributed by atoms with Crippen molar-refractivity contribution in [2.45, 2.75) is 32.1 Å². The number of aromatic nitrogens is 2. The van der Waals surface area contributed by atoms with E-state index in [-0.39, 0.29) is 16.8 Å². The Kier molecular flexibility index (Phi) is 3.49. The third-order valence-corrected chi connectivity index (χ3v) is 3.62. The van der Waals surface area contributed by atoms with Gasteiger partial charge in [0, 0.05) is 6.07 Å². The zero-order valence-corrected chi connectivity index (χ0v) is 11.9. The van der Waals surface area contributed by atoms with E-state index in [1.54, 1.807) is 0 Å². The first-order chi connectivity index (χ1) is 9.69. The van der Waals surface area contributed by atoms with Gasteiger partial charge in [0.2, 0.25) is 0 Å². The van der Waals surface area contributed by atoms with E-state index < -0.39 is 0 Å². The third-order valence-electron chi connectivity index (χ3n) is 3.44. The van der Waals surface area contributed by atoms with Crippen molar-refractivity contribution in [3.63, 3.8) is 0 Å². The number of nitrogens with zero attached hydrogens (tertiary/aromatic N) is 2. The maximum Gasteiger partial charge on any atom is 0.281 e. The van der Waals surface area contributed by atoms with Crippen molar-refractivity contribution in [3.05, 3.63) is 40.5 Å². The average molecular weight is 291 g/mol. The Morgan fingerprint density at radius 2 is 2.15 bits per heavy atom. The molecule has 1 aliphatic rings. The molecule has 1 fully saturated rings. The molecule has 0 radical (unpaired) electrons. The molecule has 0 aliphatic heterocycles. The Morgan fingerprint density at radius 1 is 1.35 bits per heavy atom. The molecule has 0 spiro atoms. The molecule has 4 nitrogen and oxygen atoms in total. The normalized spacial score (nSPS) is 14.3. The molecule has 1 N–H and O–H groups in total. The molecule has 2 aromatic rings. The van der Waals surface area contributed by atoms with Crippen molar-refractivity contribution in [2.75, 3.05) is 0 Å². The maximum atomic E-state index is 9.85. The highest BCUT2D eigenvalue weighted by Gasteiger charge is 2.28. The maximum absolute atomic E-state index is 9.85. The number of aryl methyl sites for hydroxylation is 1. The summed E-state index contributed by atoms with van der Waals surface area (Å²) in [7, 11) is 0. The molecule has 0 saturated heterocycles. The highest BCUT2D eigenvalue weighted by Crippen LogP contribution is 2.47. The minimum Gasteiger partial charge on any atom is -0.503 e. The zero-order valence-electron chi connectivity index (χ0n) is 11.1. The van der Waals surface area contributed by atoms with Crippen LogP contribution in [0.1, 0.15) is 36.8 Å². The van der Waals surface area contributed by atoms with Gasteiger partial charge in [-0.3, -0.25) is 0 Å². The second-order valence-corrected chi connectivity index (χ2v) is 5.31. The van der Waals surface area contributed by atoms with Crippen LogP contribution in [-0.4, -0.2) is 15.3 Å². The van der Waals surface area contributed by atoms with Crippen molar-refractivity contribution in [1.82, 2.24) is 10.2 Å². The number of para-hydroxylation sites is 1. The van der Waals surface area contributed by atoms with Crippen LogP contribution in [-0.2, 0) is 6.42 Å². The lowest BCUT2D eigenvalue weighted by Crippen LogP contribution is -1.98. The number of halogens is 1. The van der Waals surface area contributed by atoms with Gasteiger partial charge in [-0.25, -0.2) is 0 Å². The van der Waals surface area contributed by atoms with E-state index >= 15 is 0 Å². The van der Waals surface area contributed by atoms with Gasteiger partial charge in [-0.2, -0.15) is 0 Å². The fraction of sp³-hybridized carbons (Fsp3) is 0.333. The molecule has 0 unspecified atom stereocenters. The molecule has 1 heterocycles. The van der Waals surface area contributed by atoms with E-state index in [2.05, 4.69) is 23.2 Å². The monoisotopic (exact) mass is 290 g/mol. The Bertz CT molecular complexity index is 642. The van der Waals surface area contributed by atoms with Gasteiger partial charge < -0.3 is 9.84 Å². The van der Waals surface area contributed by atoms with Crippen molar-refractivity contribution in [3.8, 4) is 17.4 Å². The molecular formula is C15H15ClN2O2. The number of hydrogen-bond acceptors (Lipinski definition) is 4. The summed E-state index contributed by atoms with van der Waals surface area (Å²) in [5, 5.41) is 17.5. The summed E-state index contributed by atoms with van der Waals surface area (Å²) in [6.45, 7) is 2.08. The van der Waals surface area contributed by atoms with E-state index in [1.165, 1.54) is 24.5 Å². The van der Waals surface area contributed by atoms with Crippen LogP contribution in [0.2, 0.25) is 5.15 Å².